The van der Waals surface area contributed by atoms with E-state index in [0.717, 1.165) is 17.7 Å². The van der Waals surface area contributed by atoms with Gasteiger partial charge in [0.1, 0.15) is 5.75 Å². The van der Waals surface area contributed by atoms with Crippen LogP contribution in [0.5, 0.6) is 5.75 Å². The van der Waals surface area contributed by atoms with E-state index in [1.54, 1.807) is 18.2 Å². The van der Waals surface area contributed by atoms with E-state index in [1.165, 1.54) is 12.1 Å². The second kappa shape index (κ2) is 8.20. The molecule has 0 unspecified atom stereocenters. The predicted octanol–water partition coefficient (Wildman–Crippen LogP) is 4.91. The van der Waals surface area contributed by atoms with Crippen LogP contribution in [0.4, 0.5) is 8.78 Å². The van der Waals surface area contributed by atoms with Gasteiger partial charge < -0.3 is 9.84 Å². The molecule has 0 amide bonds. The first kappa shape index (κ1) is 20.0. The van der Waals surface area contributed by atoms with Crippen LogP contribution in [-0.2, 0) is 6.54 Å². The van der Waals surface area contributed by atoms with Gasteiger partial charge >= 0.3 is 12.6 Å². The van der Waals surface area contributed by atoms with Gasteiger partial charge in [-0.1, -0.05) is 37.3 Å². The Balaban J connectivity index is 1.85. The number of benzene rings is 2. The summed E-state index contributed by atoms with van der Waals surface area (Å²) in [5.74, 6) is -0.890. The van der Waals surface area contributed by atoms with Gasteiger partial charge in [0.25, 0.3) is 0 Å². The third-order valence-corrected chi connectivity index (χ3v) is 5.18. The molecule has 2 aromatic carbocycles. The average Bonchev–Trinajstić information content (AvgIpc) is 2.72. The highest BCUT2D eigenvalue weighted by Crippen LogP contribution is 2.34. The molecule has 2 heterocycles. The number of carbonyl (C=O) groups is 1. The zero-order valence-electron chi connectivity index (χ0n) is 16.3. The van der Waals surface area contributed by atoms with Crippen molar-refractivity contribution < 1.29 is 23.4 Å². The third kappa shape index (κ3) is 3.89. The minimum Gasteiger partial charge on any atom is -0.478 e. The molecule has 1 aliphatic heterocycles. The quantitative estimate of drug-likeness (QED) is 0.648. The van der Waals surface area contributed by atoms with Gasteiger partial charge in [-0.2, -0.15) is 8.78 Å². The van der Waals surface area contributed by atoms with Crippen molar-refractivity contribution in [3.8, 4) is 5.75 Å². The molecule has 0 spiro atoms. The van der Waals surface area contributed by atoms with Crippen molar-refractivity contribution in [2.75, 3.05) is 13.1 Å². The number of carboxylic acids is 1. The number of likely N-dealkylation sites (N-methyl/N-ethyl adjacent to an activating group) is 1. The van der Waals surface area contributed by atoms with E-state index in [4.69, 9.17) is 4.98 Å². The monoisotopic (exact) mass is 410 g/mol. The van der Waals surface area contributed by atoms with Gasteiger partial charge in [0.2, 0.25) is 0 Å². The van der Waals surface area contributed by atoms with Crippen LogP contribution in [0.2, 0.25) is 0 Å². The Labute approximate surface area is 172 Å². The number of alkyl halides is 2. The van der Waals surface area contributed by atoms with Gasteiger partial charge in [0.05, 0.1) is 16.8 Å². The second-order valence-electron chi connectivity index (χ2n) is 7.06. The lowest BCUT2D eigenvalue weighted by Crippen LogP contribution is -2.31. The van der Waals surface area contributed by atoms with Gasteiger partial charge in [-0.15, -0.1) is 0 Å². The zero-order chi connectivity index (χ0) is 21.3. The van der Waals surface area contributed by atoms with E-state index in [-0.39, 0.29) is 11.3 Å². The first-order chi connectivity index (χ1) is 14.5. The van der Waals surface area contributed by atoms with Crippen molar-refractivity contribution in [1.82, 2.24) is 9.88 Å². The van der Waals surface area contributed by atoms with E-state index in [2.05, 4.69) is 9.64 Å². The number of fused-ring (bicyclic) bond motifs is 2. The highest BCUT2D eigenvalue weighted by molar-refractivity contribution is 6.06. The maximum Gasteiger partial charge on any atom is 0.387 e. The van der Waals surface area contributed by atoms with Crippen LogP contribution in [0.15, 0.2) is 48.5 Å². The van der Waals surface area contributed by atoms with Gasteiger partial charge in [-0.25, -0.2) is 9.78 Å². The maximum absolute atomic E-state index is 12.4. The third-order valence-electron chi connectivity index (χ3n) is 5.18. The lowest BCUT2D eigenvalue weighted by Gasteiger charge is -2.30. The molecule has 0 saturated heterocycles. The SMILES string of the molecule is CCN1CC(=Cc2ccc(OC(F)F)cc2)c2nc3ccccc3c(C(=O)O)c2C1. The summed E-state index contributed by atoms with van der Waals surface area (Å²) in [6.07, 6.45) is 1.92. The van der Waals surface area contributed by atoms with Crippen LogP contribution >= 0.6 is 0 Å². The molecule has 3 aromatic rings. The van der Waals surface area contributed by atoms with Crippen molar-refractivity contribution in [1.29, 1.82) is 0 Å². The average molecular weight is 410 g/mol. The number of hydrogen-bond acceptors (Lipinski definition) is 4. The van der Waals surface area contributed by atoms with Crippen molar-refractivity contribution in [3.05, 3.63) is 70.9 Å². The summed E-state index contributed by atoms with van der Waals surface area (Å²) in [6, 6.07) is 13.6. The molecule has 1 N–H and O–H groups in total. The number of carboxylic acid groups (broad SMARTS) is 1. The molecule has 0 saturated carbocycles. The van der Waals surface area contributed by atoms with Crippen LogP contribution < -0.4 is 4.74 Å². The minimum atomic E-state index is -2.87. The highest BCUT2D eigenvalue weighted by atomic mass is 19.3. The molecule has 0 atom stereocenters. The number of rotatable bonds is 5. The number of halogens is 2. The van der Waals surface area contributed by atoms with Gasteiger partial charge in [-0.3, -0.25) is 4.90 Å². The summed E-state index contributed by atoms with van der Waals surface area (Å²) in [7, 11) is 0. The summed E-state index contributed by atoms with van der Waals surface area (Å²) in [4.78, 5) is 19.1. The van der Waals surface area contributed by atoms with E-state index < -0.39 is 12.6 Å². The zero-order valence-corrected chi connectivity index (χ0v) is 16.3. The molecule has 1 aliphatic rings. The molecule has 30 heavy (non-hydrogen) atoms. The number of aromatic nitrogens is 1. The summed E-state index contributed by atoms with van der Waals surface area (Å²) in [5.41, 5.74) is 3.95. The molecule has 4 rings (SSSR count). The van der Waals surface area contributed by atoms with Gasteiger partial charge in [0, 0.05) is 24.0 Å². The van der Waals surface area contributed by atoms with Crippen LogP contribution in [0.3, 0.4) is 0 Å². The van der Waals surface area contributed by atoms with Crippen LogP contribution in [-0.4, -0.2) is 40.7 Å². The summed E-state index contributed by atoms with van der Waals surface area (Å²) < 4.78 is 29.2. The lowest BCUT2D eigenvalue weighted by atomic mass is 9.92. The number of aromatic carboxylic acids is 1. The molecule has 0 bridgehead atoms. The van der Waals surface area contributed by atoms with E-state index in [9.17, 15) is 18.7 Å². The summed E-state index contributed by atoms with van der Waals surface area (Å²) >= 11 is 0. The van der Waals surface area contributed by atoms with Gasteiger partial charge in [-0.05, 0) is 42.0 Å². The number of para-hydroxylation sites is 1. The first-order valence-corrected chi connectivity index (χ1v) is 9.59. The fourth-order valence-corrected chi connectivity index (χ4v) is 3.79. The Morgan fingerprint density at radius 2 is 1.93 bits per heavy atom. The number of pyridine rings is 1. The van der Waals surface area contributed by atoms with E-state index in [0.29, 0.717) is 35.2 Å². The highest BCUT2D eigenvalue weighted by Gasteiger charge is 2.27. The number of ether oxygens (including phenoxy) is 1. The Morgan fingerprint density at radius 3 is 2.60 bits per heavy atom. The van der Waals surface area contributed by atoms with Crippen molar-refractivity contribution in [3.63, 3.8) is 0 Å². The van der Waals surface area contributed by atoms with E-state index >= 15 is 0 Å². The molecule has 0 radical (unpaired) electrons. The Kier molecular flexibility index (Phi) is 5.46. The van der Waals surface area contributed by atoms with Crippen molar-refractivity contribution in [2.45, 2.75) is 20.1 Å². The predicted molar refractivity (Wildman–Crippen MR) is 111 cm³/mol. The molecule has 0 aliphatic carbocycles. The standard InChI is InChI=1S/C23H20F2N2O3/c1-2-27-12-15(11-14-7-9-16(10-8-14)30-23(24)25)21-18(13-27)20(22(28)29)17-5-3-4-6-19(17)26-21/h3-11,23H,2,12-13H2,1H3,(H,28,29). The molecule has 1 aromatic heterocycles. The lowest BCUT2D eigenvalue weighted by molar-refractivity contribution is -0.0498. The maximum atomic E-state index is 12.4. The molecule has 7 heteroatoms. The fraction of sp³-hybridized carbons (Fsp3) is 0.217. The number of nitrogens with zero attached hydrogens (tertiary/aromatic N) is 2. The summed E-state index contributed by atoms with van der Waals surface area (Å²) in [6.45, 7) is 1.02. The Hall–Kier alpha value is -3.32. The molecule has 154 valence electrons. The van der Waals surface area contributed by atoms with E-state index in [1.807, 2.05) is 31.2 Å². The Bertz CT molecular complexity index is 1130. The molecular formula is C23H20F2N2O3. The smallest absolute Gasteiger partial charge is 0.387 e. The van der Waals surface area contributed by atoms with Crippen molar-refractivity contribution >= 4 is 28.5 Å². The summed E-state index contributed by atoms with van der Waals surface area (Å²) in [5, 5.41) is 10.6. The van der Waals surface area contributed by atoms with Gasteiger partial charge in [0.15, 0.2) is 0 Å². The minimum absolute atomic E-state index is 0.0867. The fourth-order valence-electron chi connectivity index (χ4n) is 3.79. The van der Waals surface area contributed by atoms with Crippen LogP contribution in [0, 0.1) is 0 Å². The topological polar surface area (TPSA) is 62.7 Å². The Morgan fingerprint density at radius 1 is 1.20 bits per heavy atom. The van der Waals surface area contributed by atoms with Crippen LogP contribution in [0.25, 0.3) is 22.6 Å². The molecule has 0 fully saturated rings. The first-order valence-electron chi connectivity index (χ1n) is 9.59. The molecule has 5 nitrogen and oxygen atoms in total. The van der Waals surface area contributed by atoms with Crippen molar-refractivity contribution in [2.24, 2.45) is 0 Å². The second-order valence-corrected chi connectivity index (χ2v) is 7.06. The van der Waals surface area contributed by atoms with Crippen LogP contribution in [0.1, 0.15) is 34.1 Å². The normalized spacial score (nSPS) is 15.5. The number of hydrogen-bond donors (Lipinski definition) is 1. The molecular weight excluding hydrogens is 390 g/mol. The largest absolute Gasteiger partial charge is 0.478 e.